The average Bonchev–Trinajstić information content (AvgIpc) is 2.47. The lowest BCUT2D eigenvalue weighted by Crippen LogP contribution is -2.05. The number of aromatic nitrogens is 1. The topological polar surface area (TPSA) is 43.4 Å². The largest absolute Gasteiger partial charge is 0.493 e. The lowest BCUT2D eigenvalue weighted by atomic mass is 10.1. The minimum atomic E-state index is 0.487. The monoisotopic (exact) mass is 292 g/mol. The first-order valence-electron chi connectivity index (χ1n) is 6.29. The van der Waals surface area contributed by atoms with Gasteiger partial charge >= 0.3 is 0 Å². The highest BCUT2D eigenvalue weighted by Gasteiger charge is 2.04. The Bertz CT molecular complexity index is 576. The molecule has 1 N–H and O–H groups in total. The van der Waals surface area contributed by atoms with Crippen LogP contribution in [-0.2, 0) is 6.42 Å². The van der Waals surface area contributed by atoms with Crippen LogP contribution in [0.25, 0.3) is 0 Å². The summed E-state index contributed by atoms with van der Waals surface area (Å²) >= 11 is 5.83. The SMILES string of the molecule is COc1ccc(CCNc2ccnc(Cl)c2)cc1OC. The number of methoxy groups -OCH3 is 2. The molecule has 0 atom stereocenters. The van der Waals surface area contributed by atoms with Gasteiger partial charge in [-0.05, 0) is 36.2 Å². The normalized spacial score (nSPS) is 10.2. The third-order valence-corrected chi connectivity index (χ3v) is 3.12. The van der Waals surface area contributed by atoms with Gasteiger partial charge in [-0.3, -0.25) is 0 Å². The number of pyridine rings is 1. The van der Waals surface area contributed by atoms with Crippen molar-refractivity contribution in [2.75, 3.05) is 26.1 Å². The molecule has 0 aliphatic heterocycles. The zero-order valence-electron chi connectivity index (χ0n) is 11.5. The van der Waals surface area contributed by atoms with Crippen molar-refractivity contribution in [3.05, 3.63) is 47.2 Å². The number of ether oxygens (including phenoxy) is 2. The Morgan fingerprint density at radius 3 is 2.60 bits per heavy atom. The molecule has 20 heavy (non-hydrogen) atoms. The molecule has 0 fully saturated rings. The Kier molecular flexibility index (Phi) is 5.07. The van der Waals surface area contributed by atoms with E-state index >= 15 is 0 Å². The highest BCUT2D eigenvalue weighted by atomic mass is 35.5. The van der Waals surface area contributed by atoms with Crippen LogP contribution in [0.15, 0.2) is 36.5 Å². The summed E-state index contributed by atoms with van der Waals surface area (Å²) in [7, 11) is 3.27. The molecular weight excluding hydrogens is 276 g/mol. The molecule has 5 heteroatoms. The van der Waals surface area contributed by atoms with E-state index < -0.39 is 0 Å². The van der Waals surface area contributed by atoms with Gasteiger partial charge in [-0.25, -0.2) is 4.98 Å². The quantitative estimate of drug-likeness (QED) is 0.829. The summed E-state index contributed by atoms with van der Waals surface area (Å²) in [4.78, 5) is 3.94. The molecule has 2 aromatic rings. The fourth-order valence-corrected chi connectivity index (χ4v) is 2.07. The zero-order chi connectivity index (χ0) is 14.4. The summed E-state index contributed by atoms with van der Waals surface area (Å²) in [6.07, 6.45) is 2.56. The van der Waals surface area contributed by atoms with Gasteiger partial charge in [0.1, 0.15) is 5.15 Å². The van der Waals surface area contributed by atoms with E-state index in [-0.39, 0.29) is 0 Å². The van der Waals surface area contributed by atoms with Crippen molar-refractivity contribution < 1.29 is 9.47 Å². The molecule has 0 bridgehead atoms. The van der Waals surface area contributed by atoms with Crippen molar-refractivity contribution in [2.45, 2.75) is 6.42 Å². The third kappa shape index (κ3) is 3.78. The van der Waals surface area contributed by atoms with E-state index in [1.165, 1.54) is 5.56 Å². The van der Waals surface area contributed by atoms with Crippen LogP contribution < -0.4 is 14.8 Å². The van der Waals surface area contributed by atoms with Crippen LogP contribution in [0.3, 0.4) is 0 Å². The number of nitrogens with zero attached hydrogens (tertiary/aromatic N) is 1. The van der Waals surface area contributed by atoms with E-state index in [4.69, 9.17) is 21.1 Å². The van der Waals surface area contributed by atoms with Gasteiger partial charge in [0.15, 0.2) is 11.5 Å². The van der Waals surface area contributed by atoms with Crippen LogP contribution in [0, 0.1) is 0 Å². The van der Waals surface area contributed by atoms with Crippen LogP contribution in [0.1, 0.15) is 5.56 Å². The smallest absolute Gasteiger partial charge is 0.160 e. The number of nitrogens with one attached hydrogen (secondary N) is 1. The summed E-state index contributed by atoms with van der Waals surface area (Å²) in [5, 5.41) is 3.79. The molecule has 1 aromatic heterocycles. The Balaban J connectivity index is 1.94. The first-order valence-corrected chi connectivity index (χ1v) is 6.67. The Labute approximate surface area is 123 Å². The van der Waals surface area contributed by atoms with E-state index in [0.29, 0.717) is 5.15 Å². The maximum Gasteiger partial charge on any atom is 0.160 e. The van der Waals surface area contributed by atoms with Gasteiger partial charge in [-0.1, -0.05) is 17.7 Å². The Hall–Kier alpha value is -1.94. The summed E-state index contributed by atoms with van der Waals surface area (Å²) in [5.74, 6) is 1.49. The minimum Gasteiger partial charge on any atom is -0.493 e. The molecule has 0 unspecified atom stereocenters. The Morgan fingerprint density at radius 1 is 1.10 bits per heavy atom. The maximum atomic E-state index is 5.83. The number of rotatable bonds is 6. The van der Waals surface area contributed by atoms with Gasteiger partial charge < -0.3 is 14.8 Å². The van der Waals surface area contributed by atoms with Crippen LogP contribution in [0.5, 0.6) is 11.5 Å². The first-order chi connectivity index (χ1) is 9.72. The maximum absolute atomic E-state index is 5.83. The van der Waals surface area contributed by atoms with Crippen LogP contribution in [0.2, 0.25) is 5.15 Å². The predicted molar refractivity (Wildman–Crippen MR) is 81.0 cm³/mol. The van der Waals surface area contributed by atoms with Gasteiger partial charge in [-0.15, -0.1) is 0 Å². The molecule has 1 heterocycles. The molecule has 0 saturated heterocycles. The van der Waals surface area contributed by atoms with E-state index in [1.807, 2.05) is 24.3 Å². The van der Waals surface area contributed by atoms with Crippen molar-refractivity contribution >= 4 is 17.3 Å². The number of halogens is 1. The highest BCUT2D eigenvalue weighted by Crippen LogP contribution is 2.27. The molecule has 106 valence electrons. The average molecular weight is 293 g/mol. The lowest BCUT2D eigenvalue weighted by Gasteiger charge is -2.10. The molecule has 0 radical (unpaired) electrons. The molecule has 0 aliphatic carbocycles. The first kappa shape index (κ1) is 14.5. The minimum absolute atomic E-state index is 0.487. The summed E-state index contributed by atoms with van der Waals surface area (Å²) < 4.78 is 10.5. The molecule has 2 rings (SSSR count). The van der Waals surface area contributed by atoms with Gasteiger partial charge in [0.25, 0.3) is 0 Å². The van der Waals surface area contributed by atoms with Gasteiger partial charge in [-0.2, -0.15) is 0 Å². The molecule has 0 spiro atoms. The second kappa shape index (κ2) is 7.01. The van der Waals surface area contributed by atoms with E-state index in [9.17, 15) is 0 Å². The van der Waals surface area contributed by atoms with Crippen molar-refractivity contribution in [3.63, 3.8) is 0 Å². The number of hydrogen-bond acceptors (Lipinski definition) is 4. The van der Waals surface area contributed by atoms with E-state index in [2.05, 4.69) is 10.3 Å². The fraction of sp³-hybridized carbons (Fsp3) is 0.267. The predicted octanol–water partition coefficient (Wildman–Crippen LogP) is 3.41. The number of benzene rings is 1. The van der Waals surface area contributed by atoms with Gasteiger partial charge in [0.2, 0.25) is 0 Å². The second-order valence-corrected chi connectivity index (χ2v) is 4.62. The Morgan fingerprint density at radius 2 is 1.90 bits per heavy atom. The molecular formula is C15H17ClN2O2. The summed E-state index contributed by atoms with van der Waals surface area (Å²) in [5.41, 5.74) is 2.14. The standard InChI is InChI=1S/C15H17ClN2O2/c1-19-13-4-3-11(9-14(13)20-2)5-7-17-12-6-8-18-15(16)10-12/h3-4,6,8-10H,5,7H2,1-2H3,(H,17,18). The van der Waals surface area contributed by atoms with Crippen molar-refractivity contribution in [3.8, 4) is 11.5 Å². The van der Waals surface area contributed by atoms with Crippen LogP contribution in [-0.4, -0.2) is 25.7 Å². The zero-order valence-corrected chi connectivity index (χ0v) is 12.3. The van der Waals surface area contributed by atoms with Crippen molar-refractivity contribution in [1.29, 1.82) is 0 Å². The highest BCUT2D eigenvalue weighted by molar-refractivity contribution is 6.29. The van der Waals surface area contributed by atoms with E-state index in [1.54, 1.807) is 26.5 Å². The molecule has 0 amide bonds. The summed E-state index contributed by atoms with van der Waals surface area (Å²) in [6, 6.07) is 9.62. The van der Waals surface area contributed by atoms with Gasteiger partial charge in [0.05, 0.1) is 14.2 Å². The van der Waals surface area contributed by atoms with Gasteiger partial charge in [0, 0.05) is 18.4 Å². The molecule has 0 aliphatic rings. The lowest BCUT2D eigenvalue weighted by molar-refractivity contribution is 0.354. The molecule has 1 aromatic carbocycles. The van der Waals surface area contributed by atoms with Crippen molar-refractivity contribution in [1.82, 2.24) is 4.98 Å². The van der Waals surface area contributed by atoms with Crippen LogP contribution >= 0.6 is 11.6 Å². The fourth-order valence-electron chi connectivity index (χ4n) is 1.90. The summed E-state index contributed by atoms with van der Waals surface area (Å²) in [6.45, 7) is 0.801. The third-order valence-electron chi connectivity index (χ3n) is 2.92. The second-order valence-electron chi connectivity index (χ2n) is 4.23. The molecule has 0 saturated carbocycles. The van der Waals surface area contributed by atoms with Crippen molar-refractivity contribution in [2.24, 2.45) is 0 Å². The van der Waals surface area contributed by atoms with Crippen LogP contribution in [0.4, 0.5) is 5.69 Å². The number of hydrogen-bond donors (Lipinski definition) is 1. The molecule has 4 nitrogen and oxygen atoms in total. The van der Waals surface area contributed by atoms with E-state index in [0.717, 1.165) is 30.2 Å². The number of anilines is 1.